The number of pyridine rings is 1. The number of aromatic amines is 2. The summed E-state index contributed by atoms with van der Waals surface area (Å²) in [5.74, 6) is -1.42. The predicted molar refractivity (Wildman–Crippen MR) is 236 cm³/mol. The molecule has 2 aromatic heterocycles. The first-order valence-electron chi connectivity index (χ1n) is 22.7. The van der Waals surface area contributed by atoms with Crippen molar-refractivity contribution in [2.45, 2.75) is 107 Å². The van der Waals surface area contributed by atoms with E-state index >= 15 is 0 Å². The Morgan fingerprint density at radius 3 is 2.57 bits per heavy atom. The summed E-state index contributed by atoms with van der Waals surface area (Å²) in [6.07, 6.45) is 5.42. The number of ether oxygens (including phenoxy) is 2. The highest BCUT2D eigenvalue weighted by molar-refractivity contribution is 6.01. The van der Waals surface area contributed by atoms with Crippen molar-refractivity contribution in [3.8, 4) is 17.9 Å². The van der Waals surface area contributed by atoms with Crippen LogP contribution in [0.1, 0.15) is 86.3 Å². The normalized spacial score (nSPS) is 27.3. The molecule has 344 valence electrons. The molecular formula is C47H58N10O8. The Morgan fingerprint density at radius 1 is 1.05 bits per heavy atom. The molecule has 5 heterocycles. The zero-order valence-electron chi connectivity index (χ0n) is 37.2. The van der Waals surface area contributed by atoms with Gasteiger partial charge in [-0.05, 0) is 118 Å². The molecule has 6 N–H and O–H groups in total. The molecule has 8 rings (SSSR count). The quantitative estimate of drug-likeness (QED) is 0.137. The van der Waals surface area contributed by atoms with Gasteiger partial charge in [0, 0.05) is 61.2 Å². The highest BCUT2D eigenvalue weighted by atomic mass is 16.6. The number of carbonyl (C=O) groups excluding carboxylic acids is 5. The predicted octanol–water partition coefficient (Wildman–Crippen LogP) is 2.79. The lowest BCUT2D eigenvalue weighted by Gasteiger charge is -2.34. The summed E-state index contributed by atoms with van der Waals surface area (Å²) in [7, 11) is 3.56. The minimum Gasteiger partial charge on any atom is -0.496 e. The Kier molecular flexibility index (Phi) is 12.9. The van der Waals surface area contributed by atoms with Crippen LogP contribution in [0.25, 0.3) is 10.9 Å². The number of H-pyrrole nitrogens is 2. The number of piperidine rings is 1. The first kappa shape index (κ1) is 45.2. The second-order valence-electron chi connectivity index (χ2n) is 19.2. The monoisotopic (exact) mass is 890 g/mol. The van der Waals surface area contributed by atoms with Gasteiger partial charge in [-0.1, -0.05) is 13.0 Å². The van der Waals surface area contributed by atoms with Crippen LogP contribution >= 0.6 is 0 Å². The fourth-order valence-corrected chi connectivity index (χ4v) is 10.6. The van der Waals surface area contributed by atoms with Gasteiger partial charge in [0.25, 0.3) is 11.5 Å². The van der Waals surface area contributed by atoms with Crippen molar-refractivity contribution < 1.29 is 33.4 Å². The molecule has 5 amide bonds. The van der Waals surface area contributed by atoms with Gasteiger partial charge in [0.05, 0.1) is 19.2 Å². The van der Waals surface area contributed by atoms with Crippen LogP contribution in [-0.4, -0.2) is 120 Å². The number of methoxy groups -OCH3 is 1. The SMILES string of the molecule is COc1cccc2[nH]c(C(=O)N[C@@H](CC3CC3CC3(C)C[C@@H](C(=O)N[C@H](C#N)C[C@@H]4CCNC4=O)N(C(=O)OC4CCN(C)CC4)C3)C(=O)N[C@@]3(C#N)CCc4cc[nH]c(=O)c4C3)cc12. The molecular weight excluding hydrogens is 833 g/mol. The van der Waals surface area contributed by atoms with E-state index in [0.717, 1.165) is 25.1 Å². The lowest BCUT2D eigenvalue weighted by molar-refractivity contribution is -0.127. The van der Waals surface area contributed by atoms with E-state index in [-0.39, 0.29) is 73.2 Å². The number of benzene rings is 1. The summed E-state index contributed by atoms with van der Waals surface area (Å²) in [6, 6.07) is 10.4. The van der Waals surface area contributed by atoms with Gasteiger partial charge in [-0.25, -0.2) is 4.79 Å². The Bertz CT molecular complexity index is 2480. The van der Waals surface area contributed by atoms with Crippen molar-refractivity contribution in [2.75, 3.05) is 40.3 Å². The molecule has 3 saturated heterocycles. The van der Waals surface area contributed by atoms with Crippen LogP contribution in [0.4, 0.5) is 4.79 Å². The van der Waals surface area contributed by atoms with E-state index in [4.69, 9.17) is 9.47 Å². The number of hydrogen-bond acceptors (Lipinski definition) is 11. The van der Waals surface area contributed by atoms with E-state index in [2.05, 4.69) is 48.3 Å². The van der Waals surface area contributed by atoms with Gasteiger partial charge in [-0.15, -0.1) is 0 Å². The molecule has 65 heavy (non-hydrogen) atoms. The highest BCUT2D eigenvalue weighted by Gasteiger charge is 2.52. The molecule has 8 atom stereocenters. The van der Waals surface area contributed by atoms with Gasteiger partial charge in [-0.2, -0.15) is 10.5 Å². The molecule has 18 heteroatoms. The number of aryl methyl sites for hydroxylation is 1. The summed E-state index contributed by atoms with van der Waals surface area (Å²) in [6.45, 7) is 4.35. The number of nitrogens with zero attached hydrogens (tertiary/aromatic N) is 4. The van der Waals surface area contributed by atoms with Crippen LogP contribution in [0.5, 0.6) is 5.75 Å². The van der Waals surface area contributed by atoms with Crippen LogP contribution in [0.3, 0.4) is 0 Å². The van der Waals surface area contributed by atoms with Crippen molar-refractivity contribution in [3.05, 3.63) is 63.7 Å². The Labute approximate surface area is 377 Å². The van der Waals surface area contributed by atoms with Crippen LogP contribution in [0.15, 0.2) is 41.3 Å². The third-order valence-corrected chi connectivity index (χ3v) is 14.3. The van der Waals surface area contributed by atoms with Gasteiger partial charge in [-0.3, -0.25) is 28.9 Å². The lowest BCUT2D eigenvalue weighted by Crippen LogP contribution is -2.57. The molecule has 3 unspecified atom stereocenters. The number of carbonyl (C=O) groups is 5. The highest BCUT2D eigenvalue weighted by Crippen LogP contribution is 2.52. The number of nitriles is 2. The standard InChI is InChI=1S/C47H58N10O8/c1-46(23-38(44(62)52-31(24-48)18-28-9-14-50-40(28)58)57(26-46)45(63)65-32-10-15-56(2)16-11-32)21-30-17-29(30)19-36(54-42(60)37-20-33-35(53-37)5-4-6-39(33)64-3)43(61)55-47(25-49)12-7-27-8-13-51-41(59)34(27)22-47/h4-6,8,13,20,28-32,36,38,53H,7,9-12,14-19,21-23,26H2,1-3H3,(H,50,58)(H,51,59)(H,52,62)(H,54,60)(H,55,61)/t28-,29?,30?,31-,36-,38-,46?,47-/m0/s1. The van der Waals surface area contributed by atoms with Crippen LogP contribution in [0.2, 0.25) is 0 Å². The molecule has 0 bridgehead atoms. The average molecular weight is 891 g/mol. The maximum atomic E-state index is 14.4. The molecule has 3 aliphatic heterocycles. The maximum Gasteiger partial charge on any atom is 0.410 e. The van der Waals surface area contributed by atoms with Gasteiger partial charge in [0.1, 0.15) is 41.2 Å². The zero-order chi connectivity index (χ0) is 46.0. The van der Waals surface area contributed by atoms with E-state index in [1.807, 2.05) is 26.1 Å². The lowest BCUT2D eigenvalue weighted by atomic mass is 9.79. The van der Waals surface area contributed by atoms with Crippen molar-refractivity contribution in [1.82, 2.24) is 41.0 Å². The molecule has 1 aromatic carbocycles. The molecule has 18 nitrogen and oxygen atoms in total. The number of hydrogen-bond donors (Lipinski definition) is 6. The molecule has 1 saturated carbocycles. The molecule has 5 aliphatic rings. The number of fused-ring (bicyclic) bond motifs is 2. The summed E-state index contributed by atoms with van der Waals surface area (Å²) < 4.78 is 11.5. The third-order valence-electron chi connectivity index (χ3n) is 14.3. The summed E-state index contributed by atoms with van der Waals surface area (Å²) in [5, 5.41) is 32.7. The first-order chi connectivity index (χ1) is 31.2. The smallest absolute Gasteiger partial charge is 0.410 e. The fourth-order valence-electron chi connectivity index (χ4n) is 10.6. The van der Waals surface area contributed by atoms with E-state index in [9.17, 15) is 39.3 Å². The van der Waals surface area contributed by atoms with Crippen molar-refractivity contribution >= 4 is 40.6 Å². The molecule has 0 spiro atoms. The molecule has 2 aliphatic carbocycles. The fraction of sp³-hybridized carbons (Fsp3) is 0.574. The van der Waals surface area contributed by atoms with Gasteiger partial charge < -0.3 is 45.6 Å². The van der Waals surface area contributed by atoms with Crippen LogP contribution < -0.4 is 31.6 Å². The minimum absolute atomic E-state index is 0.0180. The molecule has 3 aromatic rings. The topological polar surface area (TPSA) is 255 Å². The summed E-state index contributed by atoms with van der Waals surface area (Å²) >= 11 is 0. The van der Waals surface area contributed by atoms with Crippen LogP contribution in [0, 0.1) is 45.8 Å². The van der Waals surface area contributed by atoms with E-state index in [1.54, 1.807) is 31.5 Å². The summed E-state index contributed by atoms with van der Waals surface area (Å²) in [4.78, 5) is 90.9. The van der Waals surface area contributed by atoms with Crippen molar-refractivity contribution in [3.63, 3.8) is 0 Å². The second kappa shape index (κ2) is 18.6. The third kappa shape index (κ3) is 9.98. The molecule has 0 radical (unpaired) electrons. The van der Waals surface area contributed by atoms with Gasteiger partial charge in [0.2, 0.25) is 17.7 Å². The Balaban J connectivity index is 0.984. The molecule has 4 fully saturated rings. The Hall–Kier alpha value is -6.40. The number of likely N-dealkylation sites (tertiary alicyclic amines) is 2. The number of rotatable bonds is 14. The van der Waals surface area contributed by atoms with E-state index in [1.165, 1.54) is 4.90 Å². The number of nitrogens with one attached hydrogen (secondary N) is 6. The zero-order valence-corrected chi connectivity index (χ0v) is 37.2. The minimum atomic E-state index is -1.37. The van der Waals surface area contributed by atoms with Crippen molar-refractivity contribution in [2.24, 2.45) is 23.2 Å². The first-order valence-corrected chi connectivity index (χ1v) is 22.7. The van der Waals surface area contributed by atoms with Crippen LogP contribution in [-0.2, 0) is 32.0 Å². The maximum absolute atomic E-state index is 14.4. The average Bonchev–Trinajstić information content (AvgIpc) is 3.56. The van der Waals surface area contributed by atoms with E-state index in [0.29, 0.717) is 67.3 Å². The second-order valence-corrected chi connectivity index (χ2v) is 19.2. The summed E-state index contributed by atoms with van der Waals surface area (Å²) in [5.41, 5.74) is -0.0518. The van der Waals surface area contributed by atoms with Crippen molar-refractivity contribution in [1.29, 1.82) is 10.5 Å². The van der Waals surface area contributed by atoms with E-state index < -0.39 is 52.9 Å². The van der Waals surface area contributed by atoms with Gasteiger partial charge >= 0.3 is 6.09 Å². The largest absolute Gasteiger partial charge is 0.496 e. The number of aromatic nitrogens is 2. The number of amides is 5. The van der Waals surface area contributed by atoms with Gasteiger partial charge in [0.15, 0.2) is 0 Å². The Morgan fingerprint density at radius 2 is 1.85 bits per heavy atom.